The second-order valence-electron chi connectivity index (χ2n) is 13.9. The molecule has 0 bridgehead atoms. The van der Waals surface area contributed by atoms with Gasteiger partial charge < -0.3 is 26.0 Å². The van der Waals surface area contributed by atoms with Crippen LogP contribution in [-0.2, 0) is 4.79 Å². The number of carboxylic acid groups (broad SMARTS) is 1. The molecule has 0 radical (unpaired) electrons. The van der Waals surface area contributed by atoms with Crippen LogP contribution in [-0.4, -0.2) is 49.5 Å². The van der Waals surface area contributed by atoms with E-state index in [0.717, 1.165) is 43.7 Å². The molecule has 43 heavy (non-hydrogen) atoms. The normalized spacial score (nSPS) is 38.1. The highest BCUT2D eigenvalue weighted by molar-refractivity contribution is 5.66. The van der Waals surface area contributed by atoms with E-state index in [9.17, 15) is 40.3 Å². The van der Waals surface area contributed by atoms with Gasteiger partial charge in [0.1, 0.15) is 5.69 Å². The largest absolute Gasteiger partial charge is 0.481 e. The van der Waals surface area contributed by atoms with Crippen LogP contribution in [0.1, 0.15) is 78.6 Å². The van der Waals surface area contributed by atoms with Crippen molar-refractivity contribution in [3.05, 3.63) is 50.2 Å². The third-order valence-corrected chi connectivity index (χ3v) is 12.0. The lowest BCUT2D eigenvalue weighted by atomic mass is 9.53. The number of non-ortho nitro benzene ring substituents is 1. The SMILES string of the molecule is C[C@H](CCC(=O)O)[C@H]1CCC2C3C(=CNCNc4ccc([N+](=O)[O-])cc4[N+](=O)[O-])[C@]4(O)C[C@@H](O)CC[C@]4(C)C3CC[C@@]21C. The third kappa shape index (κ3) is 5.16. The lowest BCUT2D eigenvalue weighted by Gasteiger charge is -2.52. The number of nitro benzene ring substituents is 2. The molecule has 4 aliphatic carbocycles. The highest BCUT2D eigenvalue weighted by atomic mass is 16.6. The molecule has 1 aromatic carbocycles. The molecule has 12 nitrogen and oxygen atoms in total. The number of nitro groups is 2. The van der Waals surface area contributed by atoms with Crippen LogP contribution in [0.3, 0.4) is 0 Å². The quantitative estimate of drug-likeness (QED) is 0.103. The molecule has 0 saturated heterocycles. The van der Waals surface area contributed by atoms with Crippen LogP contribution in [0.2, 0.25) is 0 Å². The van der Waals surface area contributed by atoms with Gasteiger partial charge in [-0.25, -0.2) is 0 Å². The van der Waals surface area contributed by atoms with E-state index in [2.05, 4.69) is 31.4 Å². The van der Waals surface area contributed by atoms with Crippen LogP contribution < -0.4 is 10.6 Å². The summed E-state index contributed by atoms with van der Waals surface area (Å²) in [6.45, 7) is 6.78. The molecule has 12 heteroatoms. The maximum Gasteiger partial charge on any atom is 0.303 e. The maximum atomic E-state index is 12.5. The van der Waals surface area contributed by atoms with E-state index < -0.39 is 38.6 Å². The van der Waals surface area contributed by atoms with Crippen molar-refractivity contribution in [1.29, 1.82) is 0 Å². The minimum atomic E-state index is -1.20. The van der Waals surface area contributed by atoms with Gasteiger partial charge in [-0.15, -0.1) is 0 Å². The summed E-state index contributed by atoms with van der Waals surface area (Å²) in [4.78, 5) is 32.6. The van der Waals surface area contributed by atoms with Crippen molar-refractivity contribution in [2.24, 2.45) is 40.4 Å². The highest BCUT2D eigenvalue weighted by Gasteiger charge is 2.70. The number of fused-ring (bicyclic) bond motifs is 5. The van der Waals surface area contributed by atoms with Gasteiger partial charge in [-0.05, 0) is 91.6 Å². The van der Waals surface area contributed by atoms with Gasteiger partial charge >= 0.3 is 5.97 Å². The molecule has 4 fully saturated rings. The monoisotopic (exact) mass is 600 g/mol. The fourth-order valence-electron chi connectivity index (χ4n) is 9.84. The van der Waals surface area contributed by atoms with E-state index in [-0.39, 0.29) is 54.1 Å². The highest BCUT2D eigenvalue weighted by Crippen LogP contribution is 2.73. The lowest BCUT2D eigenvalue weighted by molar-refractivity contribution is -0.393. The molecule has 236 valence electrons. The Morgan fingerprint density at radius 2 is 1.86 bits per heavy atom. The Balaban J connectivity index is 1.42. The number of carbonyl (C=O) groups is 1. The minimum absolute atomic E-state index is 0.00856. The summed E-state index contributed by atoms with van der Waals surface area (Å²) >= 11 is 0. The number of rotatable bonds is 10. The molecule has 0 heterocycles. The first-order valence-corrected chi connectivity index (χ1v) is 15.5. The molecular weight excluding hydrogens is 556 g/mol. The molecule has 4 saturated carbocycles. The molecule has 0 aliphatic heterocycles. The first-order chi connectivity index (χ1) is 20.2. The van der Waals surface area contributed by atoms with E-state index in [0.29, 0.717) is 24.7 Å². The summed E-state index contributed by atoms with van der Waals surface area (Å²) in [5.74, 6) is 0.549. The molecule has 0 spiro atoms. The van der Waals surface area contributed by atoms with Gasteiger partial charge in [0.25, 0.3) is 11.4 Å². The first-order valence-electron chi connectivity index (χ1n) is 15.5. The number of aliphatic carboxylic acids is 1. The Labute approximate surface area is 251 Å². The fourth-order valence-corrected chi connectivity index (χ4v) is 9.84. The zero-order chi connectivity index (χ0) is 31.3. The third-order valence-electron chi connectivity index (χ3n) is 12.0. The Morgan fingerprint density at radius 1 is 1.12 bits per heavy atom. The van der Waals surface area contributed by atoms with Crippen molar-refractivity contribution in [3.63, 3.8) is 0 Å². The van der Waals surface area contributed by atoms with E-state index >= 15 is 0 Å². The summed E-state index contributed by atoms with van der Waals surface area (Å²) in [6, 6.07) is 3.45. The van der Waals surface area contributed by atoms with Crippen molar-refractivity contribution in [2.75, 3.05) is 12.0 Å². The average molecular weight is 601 g/mol. The number of anilines is 1. The fraction of sp³-hybridized carbons (Fsp3) is 0.710. The van der Waals surface area contributed by atoms with E-state index in [1.54, 1.807) is 0 Å². The van der Waals surface area contributed by atoms with E-state index in [4.69, 9.17) is 0 Å². The Hall–Kier alpha value is -3.25. The van der Waals surface area contributed by atoms with Crippen LogP contribution >= 0.6 is 0 Å². The molecule has 9 atom stereocenters. The van der Waals surface area contributed by atoms with Crippen LogP contribution in [0.4, 0.5) is 17.1 Å². The summed E-state index contributed by atoms with van der Waals surface area (Å²) in [5.41, 5.74) is -1.34. The summed E-state index contributed by atoms with van der Waals surface area (Å²) in [5, 5.41) is 61.3. The van der Waals surface area contributed by atoms with Crippen LogP contribution in [0, 0.1) is 60.6 Å². The predicted octanol–water partition coefficient (Wildman–Crippen LogP) is 5.20. The maximum absolute atomic E-state index is 12.5. The van der Waals surface area contributed by atoms with Crippen molar-refractivity contribution in [3.8, 4) is 0 Å². The predicted molar refractivity (Wildman–Crippen MR) is 159 cm³/mol. The Kier molecular flexibility index (Phi) is 8.23. The zero-order valence-electron chi connectivity index (χ0n) is 25.1. The van der Waals surface area contributed by atoms with Crippen molar-refractivity contribution in [2.45, 2.75) is 90.3 Å². The number of carboxylic acids is 1. The van der Waals surface area contributed by atoms with Crippen LogP contribution in [0.25, 0.3) is 0 Å². The summed E-state index contributed by atoms with van der Waals surface area (Å²) < 4.78 is 0. The number of aliphatic hydroxyl groups excluding tert-OH is 1. The Morgan fingerprint density at radius 3 is 2.53 bits per heavy atom. The number of nitrogens with one attached hydrogen (secondary N) is 2. The number of benzene rings is 1. The van der Waals surface area contributed by atoms with Gasteiger partial charge in [0.05, 0.1) is 34.3 Å². The molecule has 4 aliphatic rings. The molecular formula is C31H44N4O8. The van der Waals surface area contributed by atoms with Crippen molar-refractivity contribution in [1.82, 2.24) is 5.32 Å². The van der Waals surface area contributed by atoms with E-state index in [1.807, 2.05) is 6.20 Å². The van der Waals surface area contributed by atoms with Crippen LogP contribution in [0.5, 0.6) is 0 Å². The topological polar surface area (TPSA) is 188 Å². The van der Waals surface area contributed by atoms with Crippen LogP contribution in [0.15, 0.2) is 30.0 Å². The number of hydrogen-bond acceptors (Lipinski definition) is 9. The number of hydrogen-bond donors (Lipinski definition) is 5. The second kappa shape index (κ2) is 11.4. The molecule has 5 rings (SSSR count). The summed E-state index contributed by atoms with van der Waals surface area (Å²) in [7, 11) is 0. The smallest absolute Gasteiger partial charge is 0.303 e. The summed E-state index contributed by atoms with van der Waals surface area (Å²) in [6.07, 6.45) is 7.67. The average Bonchev–Trinajstić information content (AvgIpc) is 3.39. The number of aliphatic hydroxyl groups is 2. The van der Waals surface area contributed by atoms with Gasteiger partial charge in [-0.1, -0.05) is 20.8 Å². The number of nitrogens with zero attached hydrogens (tertiary/aromatic N) is 2. The standard InChI is InChI=1S/C31H44N4O8/c1-18(4-9-27(37)38)21-6-7-22-28-23(11-12-29(21,22)2)30(3)13-10-20(36)15-31(30,39)24(28)16-32-17-33-25-8-5-19(34(40)41)14-26(25)35(42)43/h5,8,14,16,18,20-23,28,32-33,36,39H,4,6-7,9-13,15,17H2,1-3H3,(H,37,38)/t18-,20+,21-,22?,23?,28?,29-,30-,31-/m1/s1. The van der Waals surface area contributed by atoms with E-state index in [1.165, 1.54) is 12.1 Å². The van der Waals surface area contributed by atoms with Crippen molar-refractivity contribution >= 4 is 23.0 Å². The molecule has 3 unspecified atom stereocenters. The second-order valence-corrected chi connectivity index (χ2v) is 13.9. The molecule has 1 aromatic rings. The van der Waals surface area contributed by atoms with Gasteiger partial charge in [-0.2, -0.15) is 0 Å². The zero-order valence-corrected chi connectivity index (χ0v) is 25.1. The molecule has 0 amide bonds. The minimum Gasteiger partial charge on any atom is -0.481 e. The van der Waals surface area contributed by atoms with Gasteiger partial charge in [0, 0.05) is 30.5 Å². The van der Waals surface area contributed by atoms with Gasteiger partial charge in [0.15, 0.2) is 0 Å². The molecule has 0 aromatic heterocycles. The molecule has 5 N–H and O–H groups in total. The van der Waals surface area contributed by atoms with Gasteiger partial charge in [-0.3, -0.25) is 25.0 Å². The first kappa shape index (κ1) is 31.2. The van der Waals surface area contributed by atoms with Crippen molar-refractivity contribution < 1.29 is 30.0 Å². The lowest BCUT2D eigenvalue weighted by Crippen LogP contribution is -2.52. The van der Waals surface area contributed by atoms with Gasteiger partial charge in [0.2, 0.25) is 0 Å². The Bertz CT molecular complexity index is 1320.